The molecule has 0 aliphatic carbocycles. The quantitative estimate of drug-likeness (QED) is 0.610. The van der Waals surface area contributed by atoms with Gasteiger partial charge in [0.1, 0.15) is 5.01 Å². The minimum Gasteiger partial charge on any atom is -0.339 e. The lowest BCUT2D eigenvalue weighted by Gasteiger charge is -2.21. The van der Waals surface area contributed by atoms with Gasteiger partial charge in [-0.3, -0.25) is 9.59 Å². The number of nitrogens with zero attached hydrogens (tertiary/aromatic N) is 3. The van der Waals surface area contributed by atoms with E-state index in [1.54, 1.807) is 28.2 Å². The number of anilines is 1. The smallest absolute Gasteiger partial charge is 0.228 e. The van der Waals surface area contributed by atoms with Crippen LogP contribution in [0, 0.1) is 5.92 Å². The van der Waals surface area contributed by atoms with Crippen LogP contribution in [-0.2, 0) is 16.1 Å². The highest BCUT2D eigenvalue weighted by Crippen LogP contribution is 2.32. The molecule has 1 aliphatic rings. The summed E-state index contributed by atoms with van der Waals surface area (Å²) in [6, 6.07) is 15.5. The molecule has 1 saturated heterocycles. The van der Waals surface area contributed by atoms with Crippen molar-refractivity contribution in [3.05, 3.63) is 58.0 Å². The number of para-hydroxylation sites is 2. The van der Waals surface area contributed by atoms with Gasteiger partial charge < -0.3 is 9.80 Å². The third kappa shape index (κ3) is 3.61. The molecule has 1 aliphatic heterocycles. The molecule has 4 rings (SSSR count). The number of carbonyl (C=O) groups excluding carboxylic acids is 2. The Morgan fingerprint density at radius 2 is 2.00 bits per heavy atom. The van der Waals surface area contributed by atoms with Crippen LogP contribution in [0.1, 0.15) is 11.4 Å². The molecule has 1 aromatic heterocycles. The highest BCUT2D eigenvalue weighted by atomic mass is 79.9. The standard InChI is InChI=1S/C20H18BrN3O2S/c1-23(12-18-22-15-7-3-5-9-17(15)27-18)20(26)13-10-19(25)24(11-13)16-8-4-2-6-14(16)21/h2-9,13H,10-12H2,1H3/t13-/m1/s1. The normalized spacial score (nSPS) is 16.9. The Morgan fingerprint density at radius 1 is 1.26 bits per heavy atom. The van der Waals surface area contributed by atoms with Gasteiger partial charge in [0.2, 0.25) is 11.8 Å². The van der Waals surface area contributed by atoms with Gasteiger partial charge in [-0.25, -0.2) is 4.98 Å². The number of hydrogen-bond acceptors (Lipinski definition) is 4. The Kier molecular flexibility index (Phi) is 4.97. The van der Waals surface area contributed by atoms with Crippen LogP contribution in [0.15, 0.2) is 53.0 Å². The summed E-state index contributed by atoms with van der Waals surface area (Å²) in [6.07, 6.45) is 0.240. The Bertz CT molecular complexity index is 986. The van der Waals surface area contributed by atoms with Gasteiger partial charge in [0.05, 0.1) is 28.4 Å². The molecule has 2 amide bonds. The lowest BCUT2D eigenvalue weighted by Crippen LogP contribution is -2.34. The summed E-state index contributed by atoms with van der Waals surface area (Å²) in [5, 5.41) is 0.902. The first kappa shape index (κ1) is 18.1. The molecular weight excluding hydrogens is 426 g/mol. The molecule has 2 aromatic carbocycles. The highest BCUT2D eigenvalue weighted by molar-refractivity contribution is 9.10. The van der Waals surface area contributed by atoms with Crippen molar-refractivity contribution in [2.75, 3.05) is 18.5 Å². The number of halogens is 1. The van der Waals surface area contributed by atoms with E-state index in [-0.39, 0.29) is 24.2 Å². The van der Waals surface area contributed by atoms with E-state index in [4.69, 9.17) is 0 Å². The molecule has 0 bridgehead atoms. The van der Waals surface area contributed by atoms with Crippen molar-refractivity contribution in [1.29, 1.82) is 0 Å². The van der Waals surface area contributed by atoms with Crippen molar-refractivity contribution in [3.8, 4) is 0 Å². The molecule has 0 N–H and O–H groups in total. The number of thiazole rings is 1. The van der Waals surface area contributed by atoms with Crippen LogP contribution in [0.25, 0.3) is 10.2 Å². The van der Waals surface area contributed by atoms with Crippen LogP contribution in [0.5, 0.6) is 0 Å². The van der Waals surface area contributed by atoms with Crippen molar-refractivity contribution in [2.45, 2.75) is 13.0 Å². The highest BCUT2D eigenvalue weighted by Gasteiger charge is 2.37. The van der Waals surface area contributed by atoms with Crippen LogP contribution < -0.4 is 4.90 Å². The van der Waals surface area contributed by atoms with Gasteiger partial charge >= 0.3 is 0 Å². The predicted octanol–water partition coefficient (Wildman–Crippen LogP) is 4.07. The second kappa shape index (κ2) is 7.40. The summed E-state index contributed by atoms with van der Waals surface area (Å²) in [6.45, 7) is 0.863. The lowest BCUT2D eigenvalue weighted by atomic mass is 10.1. The molecule has 0 unspecified atom stereocenters. The SMILES string of the molecule is CN(Cc1nc2ccccc2s1)C(=O)[C@@H]1CC(=O)N(c2ccccc2Br)C1. The lowest BCUT2D eigenvalue weighted by molar-refractivity contribution is -0.135. The number of amides is 2. The predicted molar refractivity (Wildman–Crippen MR) is 111 cm³/mol. The summed E-state index contributed by atoms with van der Waals surface area (Å²) in [7, 11) is 1.78. The molecule has 0 spiro atoms. The number of fused-ring (bicyclic) bond motifs is 1. The Balaban J connectivity index is 1.46. The number of aromatic nitrogens is 1. The van der Waals surface area contributed by atoms with Crippen molar-refractivity contribution in [2.24, 2.45) is 5.92 Å². The number of carbonyl (C=O) groups is 2. The summed E-state index contributed by atoms with van der Waals surface area (Å²) in [5.41, 5.74) is 1.76. The monoisotopic (exact) mass is 443 g/mol. The molecular formula is C20H18BrN3O2S. The molecule has 1 atom stereocenters. The maximum absolute atomic E-state index is 12.9. The molecule has 7 heteroatoms. The van der Waals surface area contributed by atoms with Gasteiger partial charge in [-0.15, -0.1) is 11.3 Å². The van der Waals surface area contributed by atoms with Crippen LogP contribution in [-0.4, -0.2) is 35.3 Å². The topological polar surface area (TPSA) is 53.5 Å². The minimum atomic E-state index is -0.330. The zero-order chi connectivity index (χ0) is 19.0. The van der Waals surface area contributed by atoms with Crippen molar-refractivity contribution in [3.63, 3.8) is 0 Å². The van der Waals surface area contributed by atoms with Gasteiger partial charge in [0.15, 0.2) is 0 Å². The molecule has 138 valence electrons. The summed E-state index contributed by atoms with van der Waals surface area (Å²) < 4.78 is 1.97. The fraction of sp³-hybridized carbons (Fsp3) is 0.250. The summed E-state index contributed by atoms with van der Waals surface area (Å²) in [5.74, 6) is -0.366. The van der Waals surface area contributed by atoms with E-state index in [1.807, 2.05) is 48.5 Å². The van der Waals surface area contributed by atoms with E-state index in [0.717, 1.165) is 25.4 Å². The summed E-state index contributed by atoms with van der Waals surface area (Å²) in [4.78, 5) is 33.3. The zero-order valence-electron chi connectivity index (χ0n) is 14.8. The second-order valence-corrected chi connectivity index (χ2v) is 8.60. The Labute approximate surface area is 169 Å². The molecule has 5 nitrogen and oxygen atoms in total. The first-order chi connectivity index (χ1) is 13.0. The van der Waals surface area contributed by atoms with Gasteiger partial charge in [-0.1, -0.05) is 24.3 Å². The van der Waals surface area contributed by atoms with E-state index >= 15 is 0 Å². The van der Waals surface area contributed by atoms with Gasteiger partial charge in [0, 0.05) is 24.5 Å². The van der Waals surface area contributed by atoms with Gasteiger partial charge in [-0.2, -0.15) is 0 Å². The maximum atomic E-state index is 12.9. The second-order valence-electron chi connectivity index (χ2n) is 6.63. The van der Waals surface area contributed by atoms with E-state index in [0.29, 0.717) is 13.1 Å². The average Bonchev–Trinajstić information content (AvgIpc) is 3.24. The first-order valence-electron chi connectivity index (χ1n) is 8.67. The van der Waals surface area contributed by atoms with Crippen molar-refractivity contribution >= 4 is 55.0 Å². The number of benzene rings is 2. The van der Waals surface area contributed by atoms with Crippen LogP contribution in [0.3, 0.4) is 0 Å². The largest absolute Gasteiger partial charge is 0.339 e. The number of rotatable bonds is 4. The zero-order valence-corrected chi connectivity index (χ0v) is 17.2. The van der Waals surface area contributed by atoms with E-state index in [9.17, 15) is 9.59 Å². The minimum absolute atomic E-state index is 0.0165. The van der Waals surface area contributed by atoms with Gasteiger partial charge in [-0.05, 0) is 40.2 Å². The molecule has 0 saturated carbocycles. The van der Waals surface area contributed by atoms with Crippen LogP contribution in [0.4, 0.5) is 5.69 Å². The first-order valence-corrected chi connectivity index (χ1v) is 10.3. The van der Waals surface area contributed by atoms with Crippen LogP contribution >= 0.6 is 27.3 Å². The fourth-order valence-corrected chi connectivity index (χ4v) is 4.88. The molecule has 0 radical (unpaired) electrons. The molecule has 3 aromatic rings. The molecule has 2 heterocycles. The van der Waals surface area contributed by atoms with E-state index in [1.165, 1.54) is 0 Å². The van der Waals surface area contributed by atoms with E-state index in [2.05, 4.69) is 20.9 Å². The van der Waals surface area contributed by atoms with Crippen molar-refractivity contribution < 1.29 is 9.59 Å². The Hall–Kier alpha value is -2.25. The molecule has 1 fully saturated rings. The molecule has 27 heavy (non-hydrogen) atoms. The maximum Gasteiger partial charge on any atom is 0.228 e. The van der Waals surface area contributed by atoms with E-state index < -0.39 is 0 Å². The number of hydrogen-bond donors (Lipinski definition) is 0. The fourth-order valence-electron chi connectivity index (χ4n) is 3.36. The Morgan fingerprint density at radius 3 is 2.78 bits per heavy atom. The van der Waals surface area contributed by atoms with Crippen LogP contribution in [0.2, 0.25) is 0 Å². The third-order valence-corrected chi connectivity index (χ3v) is 6.40. The summed E-state index contributed by atoms with van der Waals surface area (Å²) >= 11 is 5.08. The van der Waals surface area contributed by atoms with Crippen molar-refractivity contribution in [1.82, 2.24) is 9.88 Å². The third-order valence-electron chi connectivity index (χ3n) is 4.70. The van der Waals surface area contributed by atoms with Gasteiger partial charge in [0.25, 0.3) is 0 Å². The average molecular weight is 444 g/mol.